The predicted octanol–water partition coefficient (Wildman–Crippen LogP) is 4.60. The van der Waals surface area contributed by atoms with Gasteiger partial charge in [-0.05, 0) is 68.3 Å². The number of ether oxygens (including phenoxy) is 2. The SMILES string of the molecule is COc1ccc(-c2[nH]n(-c3ccc(OC)cc3)c(=O)c2C(C)=NC2CCCC2)cc1. The van der Waals surface area contributed by atoms with Crippen molar-refractivity contribution < 1.29 is 9.47 Å². The molecule has 3 aromatic rings. The normalized spacial score (nSPS) is 14.8. The van der Waals surface area contributed by atoms with Crippen LogP contribution < -0.4 is 15.0 Å². The summed E-state index contributed by atoms with van der Waals surface area (Å²) in [5.41, 5.74) is 3.71. The average molecular weight is 405 g/mol. The van der Waals surface area contributed by atoms with Gasteiger partial charge in [0.2, 0.25) is 0 Å². The monoisotopic (exact) mass is 405 g/mol. The molecular weight excluding hydrogens is 378 g/mol. The molecule has 6 heteroatoms. The minimum atomic E-state index is -0.106. The number of hydrogen-bond acceptors (Lipinski definition) is 4. The van der Waals surface area contributed by atoms with Crippen molar-refractivity contribution in [2.24, 2.45) is 4.99 Å². The summed E-state index contributed by atoms with van der Waals surface area (Å²) < 4.78 is 12.1. The van der Waals surface area contributed by atoms with Crippen LogP contribution in [-0.2, 0) is 0 Å². The van der Waals surface area contributed by atoms with Crippen molar-refractivity contribution in [1.82, 2.24) is 9.78 Å². The number of nitrogens with one attached hydrogen (secondary N) is 1. The molecule has 0 spiro atoms. The van der Waals surface area contributed by atoms with Gasteiger partial charge in [-0.25, -0.2) is 4.68 Å². The molecule has 1 aliphatic carbocycles. The van der Waals surface area contributed by atoms with Gasteiger partial charge in [-0.15, -0.1) is 0 Å². The second-order valence-electron chi connectivity index (χ2n) is 7.58. The molecule has 30 heavy (non-hydrogen) atoms. The van der Waals surface area contributed by atoms with Crippen LogP contribution in [0.4, 0.5) is 0 Å². The number of hydrogen-bond donors (Lipinski definition) is 1. The van der Waals surface area contributed by atoms with Crippen LogP contribution in [0.3, 0.4) is 0 Å². The molecule has 0 amide bonds. The minimum Gasteiger partial charge on any atom is -0.497 e. The number of H-pyrrole nitrogens is 1. The maximum Gasteiger partial charge on any atom is 0.280 e. The number of aromatic nitrogens is 2. The Hall–Kier alpha value is -3.28. The second-order valence-corrected chi connectivity index (χ2v) is 7.58. The Bertz CT molecular complexity index is 1090. The van der Waals surface area contributed by atoms with Crippen LogP contribution >= 0.6 is 0 Å². The van der Waals surface area contributed by atoms with Crippen molar-refractivity contribution in [2.45, 2.75) is 38.6 Å². The van der Waals surface area contributed by atoms with Crippen LogP contribution in [0.2, 0.25) is 0 Å². The van der Waals surface area contributed by atoms with E-state index in [2.05, 4.69) is 5.10 Å². The molecule has 0 unspecified atom stereocenters. The van der Waals surface area contributed by atoms with Crippen LogP contribution in [0.25, 0.3) is 16.9 Å². The zero-order chi connectivity index (χ0) is 21.1. The Morgan fingerprint density at radius 2 is 1.53 bits per heavy atom. The minimum absolute atomic E-state index is 0.106. The summed E-state index contributed by atoms with van der Waals surface area (Å²) in [6.07, 6.45) is 4.59. The smallest absolute Gasteiger partial charge is 0.280 e. The van der Waals surface area contributed by atoms with Gasteiger partial charge < -0.3 is 9.47 Å². The molecule has 1 aromatic heterocycles. The molecule has 156 valence electrons. The number of rotatable bonds is 6. The number of nitrogens with zero attached hydrogens (tertiary/aromatic N) is 2. The topological polar surface area (TPSA) is 68.6 Å². The molecule has 1 heterocycles. The van der Waals surface area contributed by atoms with Crippen LogP contribution in [0, 0.1) is 0 Å². The van der Waals surface area contributed by atoms with Gasteiger partial charge in [0.1, 0.15) is 11.5 Å². The Morgan fingerprint density at radius 3 is 2.10 bits per heavy atom. The summed E-state index contributed by atoms with van der Waals surface area (Å²) in [6.45, 7) is 1.94. The van der Waals surface area contributed by atoms with E-state index >= 15 is 0 Å². The number of aliphatic imine (C=N–C) groups is 1. The lowest BCUT2D eigenvalue weighted by atomic mass is 10.0. The first-order chi connectivity index (χ1) is 14.6. The van der Waals surface area contributed by atoms with Gasteiger partial charge in [-0.2, -0.15) is 0 Å². The Labute approximate surface area is 176 Å². The van der Waals surface area contributed by atoms with Crippen molar-refractivity contribution >= 4 is 5.71 Å². The standard InChI is InChI=1S/C24H27N3O3/c1-16(25-18-6-4-5-7-18)22-23(17-8-12-20(29-2)13-9-17)26-27(24(22)28)19-10-14-21(30-3)15-11-19/h8-15,18,26H,4-7H2,1-3H3. The van der Waals surface area contributed by atoms with Crippen molar-refractivity contribution in [3.05, 3.63) is 64.4 Å². The third kappa shape index (κ3) is 3.90. The predicted molar refractivity (Wildman–Crippen MR) is 119 cm³/mol. The van der Waals surface area contributed by atoms with Gasteiger partial charge in [0.05, 0.1) is 37.2 Å². The molecule has 6 nitrogen and oxygen atoms in total. The summed E-state index contributed by atoms with van der Waals surface area (Å²) in [5.74, 6) is 1.52. The molecule has 1 fully saturated rings. The maximum atomic E-state index is 13.5. The summed E-state index contributed by atoms with van der Waals surface area (Å²) in [6, 6.07) is 15.4. The molecule has 0 bridgehead atoms. The van der Waals surface area contributed by atoms with E-state index in [-0.39, 0.29) is 5.56 Å². The highest BCUT2D eigenvalue weighted by molar-refractivity contribution is 6.03. The van der Waals surface area contributed by atoms with Gasteiger partial charge in [-0.3, -0.25) is 14.9 Å². The fourth-order valence-corrected chi connectivity index (χ4v) is 4.02. The molecule has 4 rings (SSSR count). The van der Waals surface area contributed by atoms with E-state index < -0.39 is 0 Å². The van der Waals surface area contributed by atoms with E-state index in [1.165, 1.54) is 12.8 Å². The molecule has 1 N–H and O–H groups in total. The summed E-state index contributed by atoms with van der Waals surface area (Å²) in [7, 11) is 3.26. The molecule has 2 aromatic carbocycles. The van der Waals surface area contributed by atoms with Gasteiger partial charge in [0, 0.05) is 11.3 Å². The Kier molecular flexibility index (Phi) is 5.74. The number of benzene rings is 2. The van der Waals surface area contributed by atoms with E-state index in [0.717, 1.165) is 47.0 Å². The molecule has 1 aliphatic rings. The lowest BCUT2D eigenvalue weighted by Gasteiger charge is -2.07. The van der Waals surface area contributed by atoms with Crippen LogP contribution in [0.5, 0.6) is 11.5 Å². The van der Waals surface area contributed by atoms with Crippen molar-refractivity contribution in [3.8, 4) is 28.4 Å². The number of methoxy groups -OCH3 is 2. The van der Waals surface area contributed by atoms with Crippen molar-refractivity contribution in [3.63, 3.8) is 0 Å². The van der Waals surface area contributed by atoms with Crippen molar-refractivity contribution in [1.29, 1.82) is 0 Å². The van der Waals surface area contributed by atoms with Gasteiger partial charge in [0.25, 0.3) is 5.56 Å². The quantitative estimate of drug-likeness (QED) is 0.609. The highest BCUT2D eigenvalue weighted by atomic mass is 16.5. The summed E-state index contributed by atoms with van der Waals surface area (Å²) in [5, 5.41) is 3.31. The fourth-order valence-electron chi connectivity index (χ4n) is 4.02. The molecule has 1 saturated carbocycles. The van der Waals surface area contributed by atoms with E-state index in [4.69, 9.17) is 14.5 Å². The first-order valence-corrected chi connectivity index (χ1v) is 10.3. The average Bonchev–Trinajstić information content (AvgIpc) is 3.41. The first kappa shape index (κ1) is 20.0. The lowest BCUT2D eigenvalue weighted by molar-refractivity contribution is 0.414. The Balaban J connectivity index is 1.84. The first-order valence-electron chi connectivity index (χ1n) is 10.3. The van der Waals surface area contributed by atoms with E-state index in [0.29, 0.717) is 11.6 Å². The zero-order valence-corrected chi connectivity index (χ0v) is 17.6. The third-order valence-electron chi connectivity index (χ3n) is 5.66. The molecule has 0 saturated heterocycles. The molecule has 0 radical (unpaired) electrons. The fraction of sp³-hybridized carbons (Fsp3) is 0.333. The Morgan fingerprint density at radius 1 is 0.967 bits per heavy atom. The summed E-state index contributed by atoms with van der Waals surface area (Å²) in [4.78, 5) is 18.4. The highest BCUT2D eigenvalue weighted by Gasteiger charge is 2.21. The largest absolute Gasteiger partial charge is 0.497 e. The molecular formula is C24H27N3O3. The van der Waals surface area contributed by atoms with Crippen LogP contribution in [0.1, 0.15) is 38.2 Å². The maximum absolute atomic E-state index is 13.5. The van der Waals surface area contributed by atoms with Gasteiger partial charge >= 0.3 is 0 Å². The summed E-state index contributed by atoms with van der Waals surface area (Å²) >= 11 is 0. The van der Waals surface area contributed by atoms with Crippen LogP contribution in [-0.4, -0.2) is 35.8 Å². The van der Waals surface area contributed by atoms with Crippen molar-refractivity contribution in [2.75, 3.05) is 14.2 Å². The third-order valence-corrected chi connectivity index (χ3v) is 5.66. The van der Waals surface area contributed by atoms with Crippen LogP contribution in [0.15, 0.2) is 58.3 Å². The second kappa shape index (κ2) is 8.61. The molecule has 0 aliphatic heterocycles. The molecule has 0 atom stereocenters. The highest BCUT2D eigenvalue weighted by Crippen LogP contribution is 2.26. The zero-order valence-electron chi connectivity index (χ0n) is 17.6. The van der Waals surface area contributed by atoms with Gasteiger partial charge in [-0.1, -0.05) is 12.8 Å². The number of aromatic amines is 1. The van der Waals surface area contributed by atoms with E-state index in [1.54, 1.807) is 18.9 Å². The van der Waals surface area contributed by atoms with E-state index in [1.807, 2.05) is 55.5 Å². The van der Waals surface area contributed by atoms with E-state index in [9.17, 15) is 4.79 Å². The van der Waals surface area contributed by atoms with Gasteiger partial charge in [0.15, 0.2) is 0 Å². The lowest BCUT2D eigenvalue weighted by Crippen LogP contribution is -2.20.